The second-order valence-corrected chi connectivity index (χ2v) is 5.00. The van der Waals surface area contributed by atoms with Gasteiger partial charge < -0.3 is 24.6 Å². The van der Waals surface area contributed by atoms with E-state index >= 15 is 0 Å². The average molecular weight is 294 g/mol. The molecule has 4 atom stereocenters. The standard InChI is InChI=1S/C13H14N2O6/c16-10-6-21-13(12(18)11(10)17)14-4-3-7-1-2-8(15(19)20)5-9(7)14/h1-5,10-13,16-18H,6H2/t10-,11-,12-,13+/m0/s1. The van der Waals surface area contributed by atoms with Gasteiger partial charge in [0.25, 0.3) is 5.69 Å². The van der Waals surface area contributed by atoms with E-state index in [0.29, 0.717) is 5.52 Å². The van der Waals surface area contributed by atoms with Crippen molar-refractivity contribution >= 4 is 16.6 Å². The van der Waals surface area contributed by atoms with Gasteiger partial charge in [0.1, 0.15) is 18.3 Å². The van der Waals surface area contributed by atoms with Crippen LogP contribution in [-0.4, -0.2) is 49.7 Å². The zero-order chi connectivity index (χ0) is 15.1. The fraction of sp³-hybridized carbons (Fsp3) is 0.385. The number of hydrogen-bond acceptors (Lipinski definition) is 6. The highest BCUT2D eigenvalue weighted by atomic mass is 16.6. The second kappa shape index (κ2) is 5.08. The Morgan fingerprint density at radius 3 is 2.71 bits per heavy atom. The van der Waals surface area contributed by atoms with Crippen molar-refractivity contribution in [3.05, 3.63) is 40.6 Å². The molecule has 2 heterocycles. The van der Waals surface area contributed by atoms with Crippen LogP contribution in [0.15, 0.2) is 30.5 Å². The van der Waals surface area contributed by atoms with Gasteiger partial charge in [-0.3, -0.25) is 10.1 Å². The summed E-state index contributed by atoms with van der Waals surface area (Å²) in [6.07, 6.45) is -3.12. The summed E-state index contributed by atoms with van der Waals surface area (Å²) in [5, 5.41) is 40.8. The number of nitro groups is 1. The lowest BCUT2D eigenvalue weighted by atomic mass is 10.0. The molecule has 0 aliphatic carbocycles. The van der Waals surface area contributed by atoms with Crippen molar-refractivity contribution < 1.29 is 25.0 Å². The van der Waals surface area contributed by atoms with Crippen molar-refractivity contribution in [2.45, 2.75) is 24.5 Å². The minimum atomic E-state index is -1.33. The Morgan fingerprint density at radius 2 is 2.00 bits per heavy atom. The molecule has 0 radical (unpaired) electrons. The molecule has 8 nitrogen and oxygen atoms in total. The molecule has 3 rings (SSSR count). The Morgan fingerprint density at radius 1 is 1.24 bits per heavy atom. The molecule has 8 heteroatoms. The average Bonchev–Trinajstić information content (AvgIpc) is 2.88. The van der Waals surface area contributed by atoms with Crippen LogP contribution in [0.2, 0.25) is 0 Å². The maximum Gasteiger partial charge on any atom is 0.271 e. The minimum Gasteiger partial charge on any atom is -0.388 e. The van der Waals surface area contributed by atoms with Crippen LogP contribution in [0.1, 0.15) is 6.23 Å². The van der Waals surface area contributed by atoms with Crippen molar-refractivity contribution in [2.24, 2.45) is 0 Å². The zero-order valence-corrected chi connectivity index (χ0v) is 10.9. The van der Waals surface area contributed by atoms with E-state index in [4.69, 9.17) is 4.74 Å². The van der Waals surface area contributed by atoms with E-state index < -0.39 is 29.5 Å². The minimum absolute atomic E-state index is 0.0756. The summed E-state index contributed by atoms with van der Waals surface area (Å²) in [5.41, 5.74) is 0.435. The Balaban J connectivity index is 2.04. The van der Waals surface area contributed by atoms with Crippen LogP contribution in [0.3, 0.4) is 0 Å². The number of nitro benzene ring substituents is 1. The first-order chi connectivity index (χ1) is 9.99. The number of hydrogen-bond donors (Lipinski definition) is 3. The first-order valence-corrected chi connectivity index (χ1v) is 6.40. The van der Waals surface area contributed by atoms with Gasteiger partial charge in [-0.25, -0.2) is 0 Å². The van der Waals surface area contributed by atoms with Crippen LogP contribution < -0.4 is 0 Å². The molecule has 1 fully saturated rings. The number of aliphatic hydroxyl groups is 3. The summed E-state index contributed by atoms with van der Waals surface area (Å²) in [7, 11) is 0. The van der Waals surface area contributed by atoms with Crippen molar-refractivity contribution in [1.29, 1.82) is 0 Å². The summed E-state index contributed by atoms with van der Waals surface area (Å²) < 4.78 is 6.87. The molecule has 2 aromatic rings. The van der Waals surface area contributed by atoms with Gasteiger partial charge in [0.2, 0.25) is 0 Å². The quantitative estimate of drug-likeness (QED) is 0.536. The lowest BCUT2D eigenvalue weighted by molar-refractivity contribution is -0.384. The maximum absolute atomic E-state index is 10.9. The Labute approximate surface area is 119 Å². The first-order valence-electron chi connectivity index (χ1n) is 6.40. The number of ether oxygens (including phenoxy) is 1. The maximum atomic E-state index is 10.9. The van der Waals surface area contributed by atoms with E-state index in [2.05, 4.69) is 0 Å². The first kappa shape index (κ1) is 14.0. The van der Waals surface area contributed by atoms with Gasteiger partial charge in [-0.2, -0.15) is 0 Å². The highest BCUT2D eigenvalue weighted by molar-refractivity contribution is 5.82. The van der Waals surface area contributed by atoms with E-state index in [1.807, 2.05) is 0 Å². The molecule has 1 aromatic carbocycles. The zero-order valence-electron chi connectivity index (χ0n) is 10.9. The molecule has 21 heavy (non-hydrogen) atoms. The highest BCUT2D eigenvalue weighted by Crippen LogP contribution is 2.30. The molecule has 0 spiro atoms. The fourth-order valence-corrected chi connectivity index (χ4v) is 2.51. The summed E-state index contributed by atoms with van der Waals surface area (Å²) in [4.78, 5) is 10.3. The van der Waals surface area contributed by atoms with E-state index in [-0.39, 0.29) is 12.3 Å². The Bertz CT molecular complexity index is 684. The molecular formula is C13H14N2O6. The molecule has 3 N–H and O–H groups in total. The number of non-ortho nitro benzene ring substituents is 1. The van der Waals surface area contributed by atoms with Gasteiger partial charge in [0.15, 0.2) is 6.23 Å². The third-order valence-corrected chi connectivity index (χ3v) is 3.67. The van der Waals surface area contributed by atoms with Crippen molar-refractivity contribution in [3.8, 4) is 0 Å². The Hall–Kier alpha value is -2.00. The van der Waals surface area contributed by atoms with E-state index in [9.17, 15) is 25.4 Å². The predicted molar refractivity (Wildman–Crippen MR) is 71.6 cm³/mol. The van der Waals surface area contributed by atoms with Crippen LogP contribution in [-0.2, 0) is 4.74 Å². The Kier molecular flexibility index (Phi) is 3.38. The molecule has 1 aliphatic heterocycles. The summed E-state index contributed by atoms with van der Waals surface area (Å²) in [6, 6.07) is 6.10. The lowest BCUT2D eigenvalue weighted by Gasteiger charge is -2.36. The fourth-order valence-electron chi connectivity index (χ4n) is 2.51. The van der Waals surface area contributed by atoms with Crippen LogP contribution in [0.4, 0.5) is 5.69 Å². The number of aliphatic hydroxyl groups excluding tert-OH is 3. The predicted octanol–water partition coefficient (Wildman–Crippen LogP) is 0.161. The molecule has 1 saturated heterocycles. The van der Waals surface area contributed by atoms with E-state index in [1.165, 1.54) is 16.7 Å². The number of benzene rings is 1. The second-order valence-electron chi connectivity index (χ2n) is 5.00. The van der Waals surface area contributed by atoms with Crippen molar-refractivity contribution in [3.63, 3.8) is 0 Å². The van der Waals surface area contributed by atoms with Crippen LogP contribution >= 0.6 is 0 Å². The third-order valence-electron chi connectivity index (χ3n) is 3.67. The largest absolute Gasteiger partial charge is 0.388 e. The lowest BCUT2D eigenvalue weighted by Crippen LogP contribution is -2.50. The van der Waals surface area contributed by atoms with Gasteiger partial charge in [-0.1, -0.05) is 0 Å². The van der Waals surface area contributed by atoms with Gasteiger partial charge in [0.05, 0.1) is 17.0 Å². The summed E-state index contributed by atoms with van der Waals surface area (Å²) in [5.74, 6) is 0. The van der Waals surface area contributed by atoms with Gasteiger partial charge >= 0.3 is 0 Å². The molecule has 112 valence electrons. The molecule has 0 bridgehead atoms. The monoisotopic (exact) mass is 294 g/mol. The molecule has 0 amide bonds. The number of nitrogens with zero attached hydrogens (tertiary/aromatic N) is 2. The van der Waals surface area contributed by atoms with Gasteiger partial charge in [-0.05, 0) is 12.1 Å². The molecular weight excluding hydrogens is 280 g/mol. The normalized spacial score (nSPS) is 29.7. The molecule has 0 unspecified atom stereocenters. The smallest absolute Gasteiger partial charge is 0.271 e. The summed E-state index contributed by atoms with van der Waals surface area (Å²) >= 11 is 0. The third kappa shape index (κ3) is 2.28. The van der Waals surface area contributed by atoms with Crippen molar-refractivity contribution in [2.75, 3.05) is 6.61 Å². The molecule has 1 aliphatic rings. The number of rotatable bonds is 2. The van der Waals surface area contributed by atoms with Gasteiger partial charge in [-0.15, -0.1) is 0 Å². The van der Waals surface area contributed by atoms with Crippen LogP contribution in [0, 0.1) is 10.1 Å². The van der Waals surface area contributed by atoms with Crippen LogP contribution in [0.5, 0.6) is 0 Å². The number of aromatic nitrogens is 1. The van der Waals surface area contributed by atoms with Gasteiger partial charge in [0, 0.05) is 23.7 Å². The molecule has 1 aromatic heterocycles. The van der Waals surface area contributed by atoms with Crippen LogP contribution in [0.25, 0.3) is 10.9 Å². The SMILES string of the molecule is O=[N+]([O-])c1ccc2ccn([C@@H]3OC[C@H](O)[C@H](O)[C@@H]3O)c2c1. The topological polar surface area (TPSA) is 118 Å². The van der Waals surface area contributed by atoms with E-state index in [0.717, 1.165) is 5.39 Å². The molecule has 0 saturated carbocycles. The summed E-state index contributed by atoms with van der Waals surface area (Å²) in [6.45, 7) is -0.127. The number of fused-ring (bicyclic) bond motifs is 1. The van der Waals surface area contributed by atoms with E-state index in [1.54, 1.807) is 18.3 Å². The highest BCUT2D eigenvalue weighted by Gasteiger charge is 2.38. The van der Waals surface area contributed by atoms with Crippen molar-refractivity contribution in [1.82, 2.24) is 4.57 Å².